The molecule has 2 bridgehead atoms. The second-order valence-electron chi connectivity index (χ2n) is 11.0. The van der Waals surface area contributed by atoms with Gasteiger partial charge in [0.05, 0.1) is 24.4 Å². The van der Waals surface area contributed by atoms with Crippen molar-refractivity contribution in [2.45, 2.75) is 89.9 Å². The largest absolute Gasteiger partial charge is 0.393 e. The first-order valence-corrected chi connectivity index (χ1v) is 10.8. The van der Waals surface area contributed by atoms with Crippen molar-refractivity contribution < 1.29 is 14.9 Å². The van der Waals surface area contributed by atoms with Crippen LogP contribution in [0.1, 0.15) is 72.1 Å². The summed E-state index contributed by atoms with van der Waals surface area (Å²) in [7, 11) is 0. The smallest absolute Gasteiger partial charge is 0.0623 e. The highest BCUT2D eigenvalue weighted by Crippen LogP contribution is 2.70. The molecule has 1 saturated heterocycles. The van der Waals surface area contributed by atoms with Crippen LogP contribution >= 0.6 is 0 Å². The Morgan fingerprint density at radius 2 is 1.80 bits per heavy atom. The molecule has 0 aromatic heterocycles. The van der Waals surface area contributed by atoms with Crippen LogP contribution in [-0.4, -0.2) is 34.6 Å². The molecule has 1 heterocycles. The Morgan fingerprint density at radius 1 is 1.00 bits per heavy atom. The molecule has 3 unspecified atom stereocenters. The number of aliphatic hydroxyl groups excluding tert-OH is 1. The predicted molar refractivity (Wildman–Crippen MR) is 97.0 cm³/mol. The summed E-state index contributed by atoms with van der Waals surface area (Å²) < 4.78 is 6.40. The Balaban J connectivity index is 1.48. The van der Waals surface area contributed by atoms with Gasteiger partial charge in [0.1, 0.15) is 0 Å². The van der Waals surface area contributed by atoms with Gasteiger partial charge in [-0.2, -0.15) is 0 Å². The average Bonchev–Trinajstić information content (AvgIpc) is 3.01. The van der Waals surface area contributed by atoms with Gasteiger partial charge in [-0.05, 0) is 100 Å². The Kier molecular flexibility index (Phi) is 3.56. The fourth-order valence-electron chi connectivity index (χ4n) is 8.76. The lowest BCUT2D eigenvalue weighted by Crippen LogP contribution is -2.58. The van der Waals surface area contributed by atoms with Crippen LogP contribution < -0.4 is 0 Å². The fraction of sp³-hybridized carbons (Fsp3) is 1.00. The first-order valence-electron chi connectivity index (χ1n) is 10.8. The van der Waals surface area contributed by atoms with Crippen LogP contribution in [0.15, 0.2) is 0 Å². The summed E-state index contributed by atoms with van der Waals surface area (Å²) in [5.74, 6) is 3.41. The fourth-order valence-corrected chi connectivity index (χ4v) is 8.76. The van der Waals surface area contributed by atoms with Gasteiger partial charge in [-0.15, -0.1) is 0 Å². The summed E-state index contributed by atoms with van der Waals surface area (Å²) in [6.07, 6.45) is 9.57. The number of aliphatic hydroxyl groups is 2. The Labute approximate surface area is 152 Å². The van der Waals surface area contributed by atoms with E-state index in [-0.39, 0.29) is 6.10 Å². The molecule has 10 atom stereocenters. The van der Waals surface area contributed by atoms with Crippen molar-refractivity contribution >= 4 is 0 Å². The third-order valence-electron chi connectivity index (χ3n) is 9.88. The van der Waals surface area contributed by atoms with Gasteiger partial charge in [-0.1, -0.05) is 6.92 Å². The van der Waals surface area contributed by atoms with Crippen molar-refractivity contribution in [3.05, 3.63) is 0 Å². The molecule has 5 aliphatic rings. The summed E-state index contributed by atoms with van der Waals surface area (Å²) in [4.78, 5) is 0. The zero-order valence-corrected chi connectivity index (χ0v) is 16.2. The molecule has 142 valence electrons. The quantitative estimate of drug-likeness (QED) is 0.758. The molecule has 3 heteroatoms. The zero-order valence-electron chi connectivity index (χ0n) is 16.2. The van der Waals surface area contributed by atoms with Crippen LogP contribution in [0.2, 0.25) is 0 Å². The van der Waals surface area contributed by atoms with Gasteiger partial charge in [0, 0.05) is 5.41 Å². The molecular weight excluding hydrogens is 312 g/mol. The van der Waals surface area contributed by atoms with Crippen LogP contribution in [0, 0.1) is 40.4 Å². The van der Waals surface area contributed by atoms with Crippen molar-refractivity contribution in [2.24, 2.45) is 40.4 Å². The highest BCUT2D eigenvalue weighted by molar-refractivity contribution is 5.15. The van der Waals surface area contributed by atoms with Gasteiger partial charge in [-0.25, -0.2) is 0 Å². The van der Waals surface area contributed by atoms with E-state index < -0.39 is 5.60 Å². The highest BCUT2D eigenvalue weighted by Gasteiger charge is 2.67. The molecule has 5 fully saturated rings. The first kappa shape index (κ1) is 17.0. The minimum Gasteiger partial charge on any atom is -0.393 e. The topological polar surface area (TPSA) is 49.7 Å². The second kappa shape index (κ2) is 5.23. The van der Waals surface area contributed by atoms with Crippen LogP contribution in [0.25, 0.3) is 0 Å². The minimum absolute atomic E-state index is 0.168. The number of hydrogen-bond acceptors (Lipinski definition) is 3. The van der Waals surface area contributed by atoms with Crippen LogP contribution in [-0.2, 0) is 4.74 Å². The average molecular weight is 349 g/mol. The lowest BCUT2D eigenvalue weighted by Gasteiger charge is -2.60. The molecule has 4 aliphatic carbocycles. The molecular formula is C22H36O3. The number of ether oxygens (including phenoxy) is 1. The molecule has 0 aromatic rings. The van der Waals surface area contributed by atoms with Gasteiger partial charge >= 0.3 is 0 Å². The number of hydrogen-bond donors (Lipinski definition) is 2. The number of fused-ring (bicyclic) bond motifs is 3. The molecule has 25 heavy (non-hydrogen) atoms. The van der Waals surface area contributed by atoms with Gasteiger partial charge in [0.15, 0.2) is 0 Å². The van der Waals surface area contributed by atoms with E-state index >= 15 is 0 Å². The lowest BCUT2D eigenvalue weighted by atomic mass is 9.44. The summed E-state index contributed by atoms with van der Waals surface area (Å²) >= 11 is 0. The highest BCUT2D eigenvalue weighted by atomic mass is 16.5. The molecule has 0 aromatic carbocycles. The van der Waals surface area contributed by atoms with Crippen LogP contribution in [0.3, 0.4) is 0 Å². The lowest BCUT2D eigenvalue weighted by molar-refractivity contribution is -0.141. The molecule has 0 amide bonds. The van der Waals surface area contributed by atoms with E-state index in [1.807, 2.05) is 13.8 Å². The Morgan fingerprint density at radius 3 is 2.56 bits per heavy atom. The molecule has 0 spiro atoms. The summed E-state index contributed by atoms with van der Waals surface area (Å²) in [6.45, 7) is 7.48. The zero-order chi connectivity index (χ0) is 17.6. The maximum Gasteiger partial charge on any atom is 0.0623 e. The maximum absolute atomic E-state index is 10.7. The van der Waals surface area contributed by atoms with E-state index in [4.69, 9.17) is 4.74 Å². The van der Waals surface area contributed by atoms with E-state index in [9.17, 15) is 10.2 Å². The molecule has 4 saturated carbocycles. The molecule has 0 radical (unpaired) electrons. The van der Waals surface area contributed by atoms with E-state index in [0.29, 0.717) is 28.8 Å². The van der Waals surface area contributed by atoms with Gasteiger partial charge in [-0.3, -0.25) is 0 Å². The van der Waals surface area contributed by atoms with Crippen molar-refractivity contribution in [3.63, 3.8) is 0 Å². The van der Waals surface area contributed by atoms with Crippen molar-refractivity contribution in [3.8, 4) is 0 Å². The third kappa shape index (κ3) is 2.15. The second-order valence-corrected chi connectivity index (χ2v) is 11.0. The number of rotatable bonds is 1. The summed E-state index contributed by atoms with van der Waals surface area (Å²) in [5, 5.41) is 21.0. The Hall–Kier alpha value is -0.120. The summed E-state index contributed by atoms with van der Waals surface area (Å²) in [6, 6.07) is 0. The molecule has 5 rings (SSSR count). The van der Waals surface area contributed by atoms with Crippen LogP contribution in [0.4, 0.5) is 0 Å². The van der Waals surface area contributed by atoms with E-state index in [0.717, 1.165) is 43.6 Å². The molecule has 2 N–H and O–H groups in total. The van der Waals surface area contributed by atoms with Gasteiger partial charge in [0.2, 0.25) is 0 Å². The van der Waals surface area contributed by atoms with E-state index in [1.165, 1.54) is 32.1 Å². The van der Waals surface area contributed by atoms with Crippen molar-refractivity contribution in [1.82, 2.24) is 0 Å². The monoisotopic (exact) mass is 348 g/mol. The third-order valence-corrected chi connectivity index (χ3v) is 9.88. The van der Waals surface area contributed by atoms with E-state index in [1.54, 1.807) is 0 Å². The minimum atomic E-state index is -0.485. The van der Waals surface area contributed by atoms with Gasteiger partial charge in [0.25, 0.3) is 0 Å². The Bertz CT molecular complexity index is 557. The van der Waals surface area contributed by atoms with Crippen molar-refractivity contribution in [2.75, 3.05) is 6.61 Å². The predicted octanol–water partition coefficient (Wildman–Crippen LogP) is 3.77. The van der Waals surface area contributed by atoms with Gasteiger partial charge < -0.3 is 14.9 Å². The van der Waals surface area contributed by atoms with E-state index in [2.05, 4.69) is 6.92 Å². The SMILES string of the molecule is C[C@H](O)[C@H]1CC[C@H]2[C@@H]3C[C@H]4OC[C@@]5(CC[C@@](C)(O)CC45)C3CCC12C. The van der Waals surface area contributed by atoms with Crippen LogP contribution in [0.5, 0.6) is 0 Å². The standard InChI is InChI=1S/C22H36O3/c1-13(23)15-4-5-16-14-10-19-18-11-20(2,24)8-9-22(18,12-25-19)17(14)6-7-21(15,16)3/h13-19,23-24H,4-12H2,1-3H3/t13-,14-,15+,16-,17?,18?,19+,20+,21?,22-/m0/s1. The first-order chi connectivity index (χ1) is 11.8. The normalized spacial score (nSPS) is 61.3. The maximum atomic E-state index is 10.7. The summed E-state index contributed by atoms with van der Waals surface area (Å²) in [5.41, 5.74) is 0.194. The molecule has 3 nitrogen and oxygen atoms in total. The molecule has 1 aliphatic heterocycles. The van der Waals surface area contributed by atoms with Crippen molar-refractivity contribution in [1.29, 1.82) is 0 Å².